The number of nitro benzene ring substituents is 1. The van der Waals surface area contributed by atoms with Crippen LogP contribution in [0.25, 0.3) is 12.2 Å². The van der Waals surface area contributed by atoms with E-state index >= 15 is 0 Å². The summed E-state index contributed by atoms with van der Waals surface area (Å²) < 4.78 is 15.8. The molecule has 0 spiro atoms. The molecule has 0 aromatic heterocycles. The largest absolute Gasteiger partial charge is 0.502 e. The highest BCUT2D eigenvalue weighted by atomic mass is 16.6. The second kappa shape index (κ2) is 7.36. The topological polar surface area (TPSA) is 91.1 Å². The summed E-state index contributed by atoms with van der Waals surface area (Å²) >= 11 is 0. The van der Waals surface area contributed by atoms with Crippen LogP contribution in [0, 0.1) is 10.1 Å². The summed E-state index contributed by atoms with van der Waals surface area (Å²) in [7, 11) is 4.58. The lowest BCUT2D eigenvalue weighted by atomic mass is 10.1. The van der Waals surface area contributed by atoms with Crippen molar-refractivity contribution in [1.29, 1.82) is 0 Å². The Labute approximate surface area is 138 Å². The van der Waals surface area contributed by atoms with Gasteiger partial charge >= 0.3 is 5.69 Å². The highest BCUT2D eigenvalue weighted by Gasteiger charge is 2.13. The van der Waals surface area contributed by atoms with Gasteiger partial charge in [0.15, 0.2) is 17.2 Å². The monoisotopic (exact) mass is 331 g/mol. The van der Waals surface area contributed by atoms with E-state index < -0.39 is 4.92 Å². The highest BCUT2D eigenvalue weighted by molar-refractivity contribution is 5.74. The normalized spacial score (nSPS) is 10.6. The molecule has 0 amide bonds. The number of aromatic hydroxyl groups is 1. The molecule has 24 heavy (non-hydrogen) atoms. The van der Waals surface area contributed by atoms with Crippen molar-refractivity contribution >= 4 is 17.8 Å². The molecule has 7 heteroatoms. The molecule has 0 aliphatic rings. The first-order valence-electron chi connectivity index (χ1n) is 6.95. The Bertz CT molecular complexity index is 760. The van der Waals surface area contributed by atoms with Gasteiger partial charge in [-0.2, -0.15) is 0 Å². The number of methoxy groups -OCH3 is 3. The SMILES string of the molecule is COc1cc(/C=C\c2ccc([N+](=O)[O-])c(O)c2)cc(OC)c1OC. The van der Waals surface area contributed by atoms with Crippen LogP contribution < -0.4 is 14.2 Å². The van der Waals surface area contributed by atoms with E-state index in [0.29, 0.717) is 22.8 Å². The Balaban J connectivity index is 2.35. The molecule has 0 atom stereocenters. The summed E-state index contributed by atoms with van der Waals surface area (Å²) in [5, 5.41) is 20.4. The van der Waals surface area contributed by atoms with Crippen LogP contribution in [0.3, 0.4) is 0 Å². The van der Waals surface area contributed by atoms with Crippen molar-refractivity contribution in [1.82, 2.24) is 0 Å². The van der Waals surface area contributed by atoms with Gasteiger partial charge in [0.05, 0.1) is 26.3 Å². The molecule has 0 saturated heterocycles. The average molecular weight is 331 g/mol. The van der Waals surface area contributed by atoms with E-state index in [9.17, 15) is 15.2 Å². The van der Waals surface area contributed by atoms with Crippen molar-refractivity contribution in [3.63, 3.8) is 0 Å². The van der Waals surface area contributed by atoms with Gasteiger partial charge in [-0.05, 0) is 35.4 Å². The van der Waals surface area contributed by atoms with E-state index in [1.165, 1.54) is 33.5 Å². The minimum absolute atomic E-state index is 0.333. The molecular formula is C17H17NO6. The van der Waals surface area contributed by atoms with E-state index in [-0.39, 0.29) is 11.4 Å². The van der Waals surface area contributed by atoms with Crippen molar-refractivity contribution in [2.24, 2.45) is 0 Å². The molecule has 2 aromatic carbocycles. The van der Waals surface area contributed by atoms with Gasteiger partial charge in [-0.3, -0.25) is 10.1 Å². The Morgan fingerprint density at radius 1 is 0.958 bits per heavy atom. The fraction of sp³-hybridized carbons (Fsp3) is 0.176. The minimum atomic E-state index is -0.637. The standard InChI is InChI=1S/C17H17NO6/c1-22-15-9-12(10-16(23-2)17(15)24-3)5-4-11-6-7-13(18(20)21)14(19)8-11/h4-10,19H,1-3H3/b5-4-. The number of benzene rings is 2. The zero-order valence-electron chi connectivity index (χ0n) is 13.5. The van der Waals surface area contributed by atoms with E-state index in [1.807, 2.05) is 0 Å². The summed E-state index contributed by atoms with van der Waals surface area (Å²) in [5.74, 6) is 1.14. The van der Waals surface area contributed by atoms with Crippen LogP contribution >= 0.6 is 0 Å². The van der Waals surface area contributed by atoms with Gasteiger partial charge in [0, 0.05) is 6.07 Å². The van der Waals surface area contributed by atoms with Crippen LogP contribution in [-0.2, 0) is 0 Å². The predicted octanol–water partition coefficient (Wildman–Crippen LogP) is 3.50. The van der Waals surface area contributed by atoms with Gasteiger partial charge in [-0.15, -0.1) is 0 Å². The van der Waals surface area contributed by atoms with Crippen LogP contribution in [0.1, 0.15) is 11.1 Å². The molecule has 0 bridgehead atoms. The summed E-state index contributed by atoms with van der Waals surface area (Å²) in [4.78, 5) is 10.1. The lowest BCUT2D eigenvalue weighted by molar-refractivity contribution is -0.385. The Morgan fingerprint density at radius 2 is 1.54 bits per heavy atom. The van der Waals surface area contributed by atoms with Crippen molar-refractivity contribution in [3.05, 3.63) is 51.6 Å². The molecule has 0 saturated carbocycles. The molecule has 126 valence electrons. The zero-order chi connectivity index (χ0) is 17.7. The van der Waals surface area contributed by atoms with Crippen LogP contribution in [0.4, 0.5) is 5.69 Å². The molecule has 0 unspecified atom stereocenters. The fourth-order valence-corrected chi connectivity index (χ4v) is 2.19. The second-order valence-electron chi connectivity index (χ2n) is 4.80. The molecular weight excluding hydrogens is 314 g/mol. The summed E-state index contributed by atoms with van der Waals surface area (Å²) in [5.41, 5.74) is 1.06. The summed E-state index contributed by atoms with van der Waals surface area (Å²) in [6, 6.07) is 7.66. The number of nitrogens with zero attached hydrogens (tertiary/aromatic N) is 1. The van der Waals surface area contributed by atoms with Gasteiger partial charge in [0.1, 0.15) is 0 Å². The first-order valence-corrected chi connectivity index (χ1v) is 6.95. The van der Waals surface area contributed by atoms with Crippen LogP contribution in [0.15, 0.2) is 30.3 Å². The molecule has 1 N–H and O–H groups in total. The first kappa shape index (κ1) is 17.1. The smallest absolute Gasteiger partial charge is 0.310 e. The lowest BCUT2D eigenvalue weighted by Crippen LogP contribution is -1.95. The fourth-order valence-electron chi connectivity index (χ4n) is 2.19. The van der Waals surface area contributed by atoms with Crippen LogP contribution in [0.2, 0.25) is 0 Å². The zero-order valence-corrected chi connectivity index (χ0v) is 13.5. The predicted molar refractivity (Wildman–Crippen MR) is 89.8 cm³/mol. The number of hydrogen-bond donors (Lipinski definition) is 1. The number of phenolic OH excluding ortho intramolecular Hbond substituents is 1. The number of phenols is 1. The third-order valence-electron chi connectivity index (χ3n) is 3.35. The lowest BCUT2D eigenvalue weighted by Gasteiger charge is -2.12. The average Bonchev–Trinajstić information content (AvgIpc) is 2.58. The molecule has 0 aliphatic heterocycles. The Morgan fingerprint density at radius 3 is 2.00 bits per heavy atom. The van der Waals surface area contributed by atoms with Gasteiger partial charge in [-0.25, -0.2) is 0 Å². The maximum absolute atomic E-state index is 10.7. The number of nitro groups is 1. The second-order valence-corrected chi connectivity index (χ2v) is 4.80. The quantitative estimate of drug-likeness (QED) is 0.495. The molecule has 7 nitrogen and oxygen atoms in total. The molecule has 2 rings (SSSR count). The number of hydrogen-bond acceptors (Lipinski definition) is 6. The Kier molecular flexibility index (Phi) is 5.26. The Hall–Kier alpha value is -3.22. The van der Waals surface area contributed by atoms with Crippen molar-refractivity contribution in [2.45, 2.75) is 0 Å². The highest BCUT2D eigenvalue weighted by Crippen LogP contribution is 2.38. The van der Waals surface area contributed by atoms with E-state index in [4.69, 9.17) is 14.2 Å². The summed E-state index contributed by atoms with van der Waals surface area (Å²) in [6.07, 6.45) is 3.48. The van der Waals surface area contributed by atoms with Gasteiger partial charge in [0.2, 0.25) is 5.75 Å². The number of ether oxygens (including phenoxy) is 3. The van der Waals surface area contributed by atoms with Gasteiger partial charge in [-0.1, -0.05) is 12.2 Å². The molecule has 0 fully saturated rings. The first-order chi connectivity index (χ1) is 11.5. The van der Waals surface area contributed by atoms with E-state index in [0.717, 1.165) is 5.56 Å². The third-order valence-corrected chi connectivity index (χ3v) is 3.35. The molecule has 0 heterocycles. The molecule has 0 aliphatic carbocycles. The van der Waals surface area contributed by atoms with Gasteiger partial charge in [0.25, 0.3) is 0 Å². The number of rotatable bonds is 6. The summed E-state index contributed by atoms with van der Waals surface area (Å²) in [6.45, 7) is 0. The van der Waals surface area contributed by atoms with E-state index in [2.05, 4.69) is 0 Å². The minimum Gasteiger partial charge on any atom is -0.502 e. The third kappa shape index (κ3) is 3.57. The van der Waals surface area contributed by atoms with Crippen molar-refractivity contribution in [2.75, 3.05) is 21.3 Å². The van der Waals surface area contributed by atoms with E-state index in [1.54, 1.807) is 30.4 Å². The maximum atomic E-state index is 10.7. The molecule has 2 aromatic rings. The maximum Gasteiger partial charge on any atom is 0.310 e. The van der Waals surface area contributed by atoms with Crippen LogP contribution in [-0.4, -0.2) is 31.4 Å². The van der Waals surface area contributed by atoms with Crippen molar-refractivity contribution in [3.8, 4) is 23.0 Å². The van der Waals surface area contributed by atoms with Crippen molar-refractivity contribution < 1.29 is 24.2 Å². The van der Waals surface area contributed by atoms with Crippen LogP contribution in [0.5, 0.6) is 23.0 Å². The van der Waals surface area contributed by atoms with Gasteiger partial charge < -0.3 is 19.3 Å². The molecule has 0 radical (unpaired) electrons.